The average Bonchev–Trinajstić information content (AvgIpc) is 3.16. The number of thiazole rings is 1. The Morgan fingerprint density at radius 2 is 2.00 bits per heavy atom. The van der Waals surface area contributed by atoms with Crippen molar-refractivity contribution in [3.05, 3.63) is 47.1 Å². The molecule has 7 nitrogen and oxygen atoms in total. The van der Waals surface area contributed by atoms with Crippen LogP contribution in [0.15, 0.2) is 34.2 Å². The molecule has 1 N–H and O–H groups in total. The first-order chi connectivity index (χ1) is 11.5. The Morgan fingerprint density at radius 3 is 2.58 bits per heavy atom. The maximum atomic E-state index is 12.2. The maximum absolute atomic E-state index is 12.2. The Morgan fingerprint density at radius 1 is 1.25 bits per heavy atom. The van der Waals surface area contributed by atoms with Crippen LogP contribution in [0.4, 0.5) is 10.5 Å². The van der Waals surface area contributed by atoms with Crippen LogP contribution in [0.2, 0.25) is 0 Å². The molecule has 0 spiro atoms. The van der Waals surface area contributed by atoms with Gasteiger partial charge in [-0.05, 0) is 31.2 Å². The predicted octanol–water partition coefficient (Wildman–Crippen LogP) is 3.47. The summed E-state index contributed by atoms with van der Waals surface area (Å²) >= 11 is 1.60. The van der Waals surface area contributed by atoms with Gasteiger partial charge in [-0.2, -0.15) is 4.98 Å². The zero-order chi connectivity index (χ0) is 17.1. The number of benzene rings is 1. The average molecular weight is 343 g/mol. The molecule has 0 saturated heterocycles. The SMILES string of the molecule is Cc1csc(-c2ccc(NC(=O)N(C)Cc3noc(C)n3)cc2)n1. The van der Waals surface area contributed by atoms with Gasteiger partial charge in [0.05, 0.1) is 6.54 Å². The Kier molecular flexibility index (Phi) is 4.57. The van der Waals surface area contributed by atoms with Gasteiger partial charge in [0.15, 0.2) is 5.82 Å². The fraction of sp³-hybridized carbons (Fsp3) is 0.250. The molecule has 2 aromatic heterocycles. The molecular weight excluding hydrogens is 326 g/mol. The molecule has 0 aliphatic rings. The monoisotopic (exact) mass is 343 g/mol. The predicted molar refractivity (Wildman–Crippen MR) is 91.8 cm³/mol. The third-order valence-electron chi connectivity index (χ3n) is 3.30. The molecule has 0 radical (unpaired) electrons. The van der Waals surface area contributed by atoms with E-state index in [0.717, 1.165) is 16.3 Å². The number of nitrogens with one attached hydrogen (secondary N) is 1. The van der Waals surface area contributed by atoms with Crippen molar-refractivity contribution >= 4 is 23.1 Å². The van der Waals surface area contributed by atoms with Gasteiger partial charge in [0.1, 0.15) is 5.01 Å². The minimum Gasteiger partial charge on any atom is -0.340 e. The summed E-state index contributed by atoms with van der Waals surface area (Å²) in [6.45, 7) is 3.96. The molecule has 3 aromatic rings. The van der Waals surface area contributed by atoms with E-state index in [9.17, 15) is 4.79 Å². The summed E-state index contributed by atoms with van der Waals surface area (Å²) in [5, 5.41) is 9.60. The van der Waals surface area contributed by atoms with E-state index >= 15 is 0 Å². The number of aryl methyl sites for hydroxylation is 2. The molecule has 124 valence electrons. The molecule has 3 rings (SSSR count). The maximum Gasteiger partial charge on any atom is 0.321 e. The lowest BCUT2D eigenvalue weighted by atomic mass is 10.2. The molecule has 0 atom stereocenters. The molecule has 2 heterocycles. The number of nitrogens with zero attached hydrogens (tertiary/aromatic N) is 4. The summed E-state index contributed by atoms with van der Waals surface area (Å²) in [6, 6.07) is 7.36. The van der Waals surface area contributed by atoms with Crippen LogP contribution in [0.25, 0.3) is 10.6 Å². The summed E-state index contributed by atoms with van der Waals surface area (Å²) < 4.78 is 4.90. The zero-order valence-corrected chi connectivity index (χ0v) is 14.4. The first-order valence-electron chi connectivity index (χ1n) is 7.35. The number of urea groups is 1. The highest BCUT2D eigenvalue weighted by atomic mass is 32.1. The summed E-state index contributed by atoms with van der Waals surface area (Å²) in [4.78, 5) is 22.2. The number of amides is 2. The molecular formula is C16H17N5O2S. The van der Waals surface area contributed by atoms with Crippen LogP contribution in [0, 0.1) is 13.8 Å². The zero-order valence-electron chi connectivity index (χ0n) is 13.6. The lowest BCUT2D eigenvalue weighted by molar-refractivity contribution is 0.219. The largest absolute Gasteiger partial charge is 0.340 e. The Balaban J connectivity index is 1.61. The third-order valence-corrected chi connectivity index (χ3v) is 4.31. The van der Waals surface area contributed by atoms with Crippen LogP contribution in [0.3, 0.4) is 0 Å². The van der Waals surface area contributed by atoms with E-state index in [1.54, 1.807) is 25.3 Å². The summed E-state index contributed by atoms with van der Waals surface area (Å²) in [5.41, 5.74) is 2.75. The van der Waals surface area contributed by atoms with Gasteiger partial charge in [-0.1, -0.05) is 5.16 Å². The number of aromatic nitrogens is 3. The second-order valence-electron chi connectivity index (χ2n) is 5.39. The first-order valence-corrected chi connectivity index (χ1v) is 8.23. The van der Waals surface area contributed by atoms with Crippen LogP contribution in [0.5, 0.6) is 0 Å². The lowest BCUT2D eigenvalue weighted by Crippen LogP contribution is -2.31. The van der Waals surface area contributed by atoms with Crippen LogP contribution in [-0.2, 0) is 6.54 Å². The Hall–Kier alpha value is -2.74. The summed E-state index contributed by atoms with van der Waals surface area (Å²) in [6.07, 6.45) is 0. The highest BCUT2D eigenvalue weighted by molar-refractivity contribution is 7.13. The fourth-order valence-electron chi connectivity index (χ4n) is 2.09. The van der Waals surface area contributed by atoms with Gasteiger partial charge >= 0.3 is 6.03 Å². The van der Waals surface area contributed by atoms with Gasteiger partial charge in [0, 0.05) is 36.3 Å². The molecule has 0 aliphatic heterocycles. The number of rotatable bonds is 4. The number of hydrogen-bond acceptors (Lipinski definition) is 6. The van der Waals surface area contributed by atoms with Crippen molar-refractivity contribution in [3.63, 3.8) is 0 Å². The Bertz CT molecular complexity index is 840. The number of carbonyl (C=O) groups is 1. The van der Waals surface area contributed by atoms with Crippen LogP contribution < -0.4 is 5.32 Å². The van der Waals surface area contributed by atoms with E-state index in [-0.39, 0.29) is 12.6 Å². The highest BCUT2D eigenvalue weighted by Gasteiger charge is 2.13. The molecule has 0 aliphatic carbocycles. The minimum atomic E-state index is -0.240. The summed E-state index contributed by atoms with van der Waals surface area (Å²) in [7, 11) is 1.67. The van der Waals surface area contributed by atoms with E-state index in [2.05, 4.69) is 20.4 Å². The van der Waals surface area contributed by atoms with Crippen molar-refractivity contribution in [3.8, 4) is 10.6 Å². The van der Waals surface area contributed by atoms with Crippen LogP contribution >= 0.6 is 11.3 Å². The third kappa shape index (κ3) is 3.77. The molecule has 1 aromatic carbocycles. The van der Waals surface area contributed by atoms with E-state index in [4.69, 9.17) is 4.52 Å². The van der Waals surface area contributed by atoms with Crippen molar-refractivity contribution in [2.75, 3.05) is 12.4 Å². The quantitative estimate of drug-likeness (QED) is 0.784. The standard InChI is InChI=1S/C16H17N5O2S/c1-10-9-24-15(17-10)12-4-6-13(7-5-12)19-16(22)21(3)8-14-18-11(2)23-20-14/h4-7,9H,8H2,1-3H3,(H,19,22). The van der Waals surface area contributed by atoms with Gasteiger partial charge in [0.25, 0.3) is 0 Å². The first kappa shape index (κ1) is 16.1. The van der Waals surface area contributed by atoms with E-state index < -0.39 is 0 Å². The van der Waals surface area contributed by atoms with E-state index in [0.29, 0.717) is 17.4 Å². The van der Waals surface area contributed by atoms with Gasteiger partial charge in [-0.25, -0.2) is 9.78 Å². The molecule has 0 fully saturated rings. The van der Waals surface area contributed by atoms with Crippen molar-refractivity contribution in [2.45, 2.75) is 20.4 Å². The molecule has 0 saturated carbocycles. The fourth-order valence-corrected chi connectivity index (χ4v) is 2.89. The number of hydrogen-bond donors (Lipinski definition) is 1. The number of carbonyl (C=O) groups excluding carboxylic acids is 1. The van der Waals surface area contributed by atoms with Gasteiger partial charge < -0.3 is 14.7 Å². The molecule has 0 bridgehead atoms. The van der Waals surface area contributed by atoms with E-state index in [1.807, 2.05) is 36.6 Å². The van der Waals surface area contributed by atoms with Crippen LogP contribution in [-0.4, -0.2) is 33.1 Å². The highest BCUT2D eigenvalue weighted by Crippen LogP contribution is 2.24. The Labute approximate surface area is 143 Å². The normalized spacial score (nSPS) is 10.6. The van der Waals surface area contributed by atoms with Crippen molar-refractivity contribution in [1.29, 1.82) is 0 Å². The molecule has 2 amide bonds. The minimum absolute atomic E-state index is 0.240. The van der Waals surface area contributed by atoms with Crippen LogP contribution in [0.1, 0.15) is 17.4 Å². The second kappa shape index (κ2) is 6.79. The molecule has 8 heteroatoms. The van der Waals surface area contributed by atoms with Gasteiger partial charge in [-0.3, -0.25) is 0 Å². The molecule has 0 unspecified atom stereocenters. The van der Waals surface area contributed by atoms with Crippen molar-refractivity contribution in [1.82, 2.24) is 20.0 Å². The lowest BCUT2D eigenvalue weighted by Gasteiger charge is -2.16. The van der Waals surface area contributed by atoms with Crippen molar-refractivity contribution < 1.29 is 9.32 Å². The number of anilines is 1. The van der Waals surface area contributed by atoms with Crippen molar-refractivity contribution in [2.24, 2.45) is 0 Å². The van der Waals surface area contributed by atoms with Gasteiger partial charge in [-0.15, -0.1) is 11.3 Å². The second-order valence-corrected chi connectivity index (χ2v) is 6.25. The molecule has 24 heavy (non-hydrogen) atoms. The summed E-state index contributed by atoms with van der Waals surface area (Å²) in [5.74, 6) is 0.950. The van der Waals surface area contributed by atoms with Gasteiger partial charge in [0.2, 0.25) is 5.89 Å². The van der Waals surface area contributed by atoms with E-state index in [1.165, 1.54) is 4.90 Å². The smallest absolute Gasteiger partial charge is 0.321 e. The topological polar surface area (TPSA) is 84.2 Å².